The Hall–Kier alpha value is -2.43. The van der Waals surface area contributed by atoms with Gasteiger partial charge in [-0.25, -0.2) is 16.8 Å². The highest BCUT2D eigenvalue weighted by Gasteiger charge is 2.25. The molecule has 2 rings (SSSR count). The molecular weight excluding hydrogens is 464 g/mol. The third kappa shape index (κ3) is 6.78. The molecule has 0 atom stereocenters. The van der Waals surface area contributed by atoms with Crippen molar-refractivity contribution in [2.24, 2.45) is 0 Å². The van der Waals surface area contributed by atoms with Gasteiger partial charge in [0.15, 0.2) is 9.84 Å². The molecule has 10 heteroatoms. The molecule has 0 spiro atoms. The number of nitrogens with zero attached hydrogens (tertiary/aromatic N) is 2. The zero-order valence-corrected chi connectivity index (χ0v) is 21.4. The Kier molecular flexibility index (Phi) is 9.04. The van der Waals surface area contributed by atoms with Gasteiger partial charge in [-0.1, -0.05) is 26.0 Å². The maximum Gasteiger partial charge on any atom is 0.253 e. The highest BCUT2D eigenvalue weighted by molar-refractivity contribution is 7.90. The molecule has 0 radical (unpaired) electrons. The molecule has 2 aromatic rings. The molecule has 0 N–H and O–H groups in total. The third-order valence-electron chi connectivity index (χ3n) is 5.25. The van der Waals surface area contributed by atoms with Crippen molar-refractivity contribution >= 4 is 25.8 Å². The second-order valence-electron chi connectivity index (χ2n) is 7.75. The SMILES string of the molecule is CCN(CC)S(=O)(=O)c1cc(C(=O)N(C)CCCOc2cccc(S(C)(=O)=O)c2)ccc1C. The molecule has 0 aromatic heterocycles. The maximum absolute atomic E-state index is 12.9. The lowest BCUT2D eigenvalue weighted by Gasteiger charge is -2.21. The van der Waals surface area contributed by atoms with Gasteiger partial charge in [0.1, 0.15) is 5.75 Å². The van der Waals surface area contributed by atoms with Gasteiger partial charge in [0.2, 0.25) is 10.0 Å². The Morgan fingerprint density at radius 3 is 2.27 bits per heavy atom. The number of sulfone groups is 1. The molecule has 0 heterocycles. The first kappa shape index (κ1) is 26.8. The average molecular weight is 497 g/mol. The second kappa shape index (κ2) is 11.1. The first-order chi connectivity index (χ1) is 15.4. The second-order valence-corrected chi connectivity index (χ2v) is 11.7. The Bertz CT molecular complexity index is 1190. The molecule has 1 amide bonds. The van der Waals surface area contributed by atoms with E-state index in [0.29, 0.717) is 49.5 Å². The van der Waals surface area contributed by atoms with Gasteiger partial charge in [-0.15, -0.1) is 0 Å². The van der Waals surface area contributed by atoms with Crippen molar-refractivity contribution in [1.29, 1.82) is 0 Å². The largest absolute Gasteiger partial charge is 0.493 e. The summed E-state index contributed by atoms with van der Waals surface area (Å²) >= 11 is 0. The number of aryl methyl sites for hydroxylation is 1. The summed E-state index contributed by atoms with van der Waals surface area (Å²) in [6.07, 6.45) is 1.65. The highest BCUT2D eigenvalue weighted by atomic mass is 32.2. The van der Waals surface area contributed by atoms with E-state index in [2.05, 4.69) is 0 Å². The number of sulfonamides is 1. The Morgan fingerprint density at radius 2 is 1.67 bits per heavy atom. The van der Waals surface area contributed by atoms with E-state index in [4.69, 9.17) is 4.74 Å². The van der Waals surface area contributed by atoms with Crippen LogP contribution in [0.15, 0.2) is 52.3 Å². The van der Waals surface area contributed by atoms with E-state index in [-0.39, 0.29) is 15.7 Å². The molecule has 182 valence electrons. The van der Waals surface area contributed by atoms with Gasteiger partial charge in [-0.3, -0.25) is 4.79 Å². The number of carbonyl (C=O) groups is 1. The molecule has 0 fully saturated rings. The van der Waals surface area contributed by atoms with E-state index in [9.17, 15) is 21.6 Å². The molecule has 8 nitrogen and oxygen atoms in total. The lowest BCUT2D eigenvalue weighted by atomic mass is 10.1. The average Bonchev–Trinajstić information content (AvgIpc) is 2.76. The van der Waals surface area contributed by atoms with Crippen molar-refractivity contribution in [2.75, 3.05) is 39.5 Å². The monoisotopic (exact) mass is 496 g/mol. The summed E-state index contributed by atoms with van der Waals surface area (Å²) in [5, 5.41) is 0. The number of hydrogen-bond donors (Lipinski definition) is 0. The molecule has 0 aliphatic heterocycles. The van der Waals surface area contributed by atoms with Gasteiger partial charge in [0.05, 0.1) is 16.4 Å². The van der Waals surface area contributed by atoms with Crippen LogP contribution in [0.1, 0.15) is 36.2 Å². The Balaban J connectivity index is 2.03. The van der Waals surface area contributed by atoms with Crippen molar-refractivity contribution in [2.45, 2.75) is 37.0 Å². The first-order valence-corrected chi connectivity index (χ1v) is 14.0. The number of rotatable bonds is 11. The van der Waals surface area contributed by atoms with Crippen LogP contribution in [-0.4, -0.2) is 71.5 Å². The molecule has 0 unspecified atom stereocenters. The first-order valence-electron chi connectivity index (χ1n) is 10.7. The van der Waals surface area contributed by atoms with Crippen molar-refractivity contribution in [1.82, 2.24) is 9.21 Å². The Morgan fingerprint density at radius 1 is 1.00 bits per heavy atom. The Labute approximate surface area is 197 Å². The summed E-state index contributed by atoms with van der Waals surface area (Å²) in [4.78, 5) is 14.7. The standard InChI is InChI=1S/C23H32N2O6S2/c1-6-25(7-2)33(29,30)22-16-19(13-12-18(22)3)23(26)24(4)14-9-15-31-20-10-8-11-21(17-20)32(5,27)28/h8,10-13,16-17H,6-7,9,14-15H2,1-5H3. The van der Waals surface area contributed by atoms with E-state index in [1.165, 1.54) is 27.4 Å². The number of ether oxygens (including phenoxy) is 1. The van der Waals surface area contributed by atoms with Crippen molar-refractivity contribution in [3.63, 3.8) is 0 Å². The number of amides is 1. The molecule has 2 aromatic carbocycles. The van der Waals surface area contributed by atoms with Crippen LogP contribution in [0, 0.1) is 6.92 Å². The third-order valence-corrected chi connectivity index (χ3v) is 8.55. The summed E-state index contributed by atoms with van der Waals surface area (Å²) in [6, 6.07) is 11.0. The summed E-state index contributed by atoms with van der Waals surface area (Å²) in [5.41, 5.74) is 0.890. The van der Waals surface area contributed by atoms with Gasteiger partial charge in [-0.05, 0) is 49.2 Å². The van der Waals surface area contributed by atoms with Crippen LogP contribution in [0.5, 0.6) is 5.75 Å². The number of carbonyl (C=O) groups excluding carboxylic acids is 1. The lowest BCUT2D eigenvalue weighted by Crippen LogP contribution is -2.32. The predicted octanol–water partition coefficient (Wildman–Crippen LogP) is 2.97. The van der Waals surface area contributed by atoms with E-state index in [1.807, 2.05) is 0 Å². The van der Waals surface area contributed by atoms with Crippen molar-refractivity contribution in [3.8, 4) is 5.75 Å². The van der Waals surface area contributed by atoms with Crippen molar-refractivity contribution in [3.05, 3.63) is 53.6 Å². The molecule has 0 aliphatic carbocycles. The zero-order valence-electron chi connectivity index (χ0n) is 19.7. The van der Waals surface area contributed by atoms with Crippen LogP contribution in [0.3, 0.4) is 0 Å². The molecular formula is C23H32N2O6S2. The van der Waals surface area contributed by atoms with Crippen molar-refractivity contribution < 1.29 is 26.4 Å². The van der Waals surface area contributed by atoms with E-state index in [1.54, 1.807) is 52.1 Å². The van der Waals surface area contributed by atoms with Crippen LogP contribution in [0.2, 0.25) is 0 Å². The smallest absolute Gasteiger partial charge is 0.253 e. The van der Waals surface area contributed by atoms with Crippen LogP contribution in [-0.2, 0) is 19.9 Å². The van der Waals surface area contributed by atoms with E-state index in [0.717, 1.165) is 6.26 Å². The van der Waals surface area contributed by atoms with Crippen LogP contribution in [0.4, 0.5) is 0 Å². The van der Waals surface area contributed by atoms with Crippen LogP contribution >= 0.6 is 0 Å². The molecule has 0 aliphatic rings. The molecule has 0 bridgehead atoms. The van der Waals surface area contributed by atoms with Gasteiger partial charge in [0, 0.05) is 38.5 Å². The van der Waals surface area contributed by atoms with Gasteiger partial charge in [0.25, 0.3) is 5.91 Å². The van der Waals surface area contributed by atoms with E-state index < -0.39 is 19.9 Å². The summed E-state index contributed by atoms with van der Waals surface area (Å²) < 4.78 is 56.2. The van der Waals surface area contributed by atoms with E-state index >= 15 is 0 Å². The normalized spacial score (nSPS) is 12.1. The summed E-state index contributed by atoms with van der Waals surface area (Å²) in [7, 11) is -5.35. The van der Waals surface area contributed by atoms with Gasteiger partial charge < -0.3 is 9.64 Å². The highest BCUT2D eigenvalue weighted by Crippen LogP contribution is 2.22. The minimum Gasteiger partial charge on any atom is -0.493 e. The fraction of sp³-hybridized carbons (Fsp3) is 0.435. The number of benzene rings is 2. The predicted molar refractivity (Wildman–Crippen MR) is 128 cm³/mol. The number of hydrogen-bond acceptors (Lipinski definition) is 6. The van der Waals surface area contributed by atoms with Gasteiger partial charge in [-0.2, -0.15) is 4.31 Å². The molecule has 0 saturated heterocycles. The van der Waals surface area contributed by atoms with Crippen LogP contribution in [0.25, 0.3) is 0 Å². The topological polar surface area (TPSA) is 101 Å². The van der Waals surface area contributed by atoms with Gasteiger partial charge >= 0.3 is 0 Å². The summed E-state index contributed by atoms with van der Waals surface area (Å²) in [5.74, 6) is 0.154. The molecule has 0 saturated carbocycles. The minimum atomic E-state index is -3.68. The quantitative estimate of drug-likeness (QED) is 0.443. The minimum absolute atomic E-state index is 0.138. The lowest BCUT2D eigenvalue weighted by molar-refractivity contribution is 0.0787. The zero-order chi connectivity index (χ0) is 24.8. The molecule has 33 heavy (non-hydrogen) atoms. The fourth-order valence-corrected chi connectivity index (χ4v) is 5.69. The fourth-order valence-electron chi connectivity index (χ4n) is 3.32. The maximum atomic E-state index is 12.9. The van der Waals surface area contributed by atoms with Crippen LogP contribution < -0.4 is 4.74 Å². The summed E-state index contributed by atoms with van der Waals surface area (Å²) in [6.45, 7) is 6.64.